The lowest BCUT2D eigenvalue weighted by molar-refractivity contribution is -0.134. The van der Waals surface area contributed by atoms with Gasteiger partial charge in [0.2, 0.25) is 0 Å². The molecule has 0 aliphatic rings. The number of nitrogens with one attached hydrogen (secondary N) is 1. The van der Waals surface area contributed by atoms with Gasteiger partial charge in [-0.05, 0) is 13.8 Å². The first-order chi connectivity index (χ1) is 7.76. The summed E-state index contributed by atoms with van der Waals surface area (Å²) in [7, 11) is 0. The van der Waals surface area contributed by atoms with E-state index in [0.29, 0.717) is 19.6 Å². The summed E-state index contributed by atoms with van der Waals surface area (Å²) in [6.45, 7) is 5.38. The second-order valence-electron chi connectivity index (χ2n) is 3.33. The van der Waals surface area contributed by atoms with Gasteiger partial charge < -0.3 is 10.1 Å². The first kappa shape index (κ1) is 12.2. The molecule has 88 valence electrons. The van der Waals surface area contributed by atoms with Crippen LogP contribution in [0.15, 0.2) is 24.2 Å². The molecule has 0 aromatic carbocycles. The van der Waals surface area contributed by atoms with Crippen LogP contribution in [-0.4, -0.2) is 34.1 Å². The lowest BCUT2D eigenvalue weighted by Crippen LogP contribution is -2.32. The van der Waals surface area contributed by atoms with E-state index in [9.17, 15) is 4.79 Å². The molecule has 0 saturated carbocycles. The molecular formula is C10H16N4O2. The van der Waals surface area contributed by atoms with Crippen molar-refractivity contribution in [2.75, 3.05) is 6.54 Å². The normalized spacial score (nSPS) is 13.2. The van der Waals surface area contributed by atoms with Gasteiger partial charge in [-0.25, -0.2) is 4.68 Å². The minimum atomic E-state index is -0.255. The molecule has 0 amide bonds. The highest BCUT2D eigenvalue weighted by atomic mass is 16.5. The average molecular weight is 224 g/mol. The highest BCUT2D eigenvalue weighted by molar-refractivity contribution is 5.37. The minimum Gasteiger partial charge on any atom is -0.461 e. The van der Waals surface area contributed by atoms with Gasteiger partial charge in [-0.1, -0.05) is 11.3 Å². The molecule has 6 nitrogen and oxygen atoms in total. The van der Waals surface area contributed by atoms with Crippen LogP contribution in [0.5, 0.6) is 0 Å². The molecule has 0 bridgehead atoms. The number of aromatic nitrogens is 3. The molecule has 6 heteroatoms. The first-order valence-electron chi connectivity index (χ1n) is 5.06. The first-order valence-corrected chi connectivity index (χ1v) is 5.06. The van der Waals surface area contributed by atoms with Crippen LogP contribution < -0.4 is 5.32 Å². The molecule has 0 radical (unpaired) electrons. The fraction of sp³-hybridized carbons (Fsp3) is 0.500. The van der Waals surface area contributed by atoms with Crippen LogP contribution in [0.1, 0.15) is 13.8 Å². The van der Waals surface area contributed by atoms with Crippen molar-refractivity contribution < 1.29 is 9.53 Å². The average Bonchev–Trinajstić information content (AvgIpc) is 2.78. The molecule has 1 aromatic rings. The molecule has 1 heterocycles. The lowest BCUT2D eigenvalue weighted by Gasteiger charge is -2.16. The molecule has 0 aliphatic heterocycles. The number of nitrogens with zero attached hydrogens (tertiary/aromatic N) is 3. The molecule has 1 unspecified atom stereocenters. The third-order valence-corrected chi connectivity index (χ3v) is 2.15. The van der Waals surface area contributed by atoms with Crippen LogP contribution in [0.2, 0.25) is 0 Å². The predicted octanol–water partition coefficient (Wildman–Crippen LogP) is 0.333. The van der Waals surface area contributed by atoms with Crippen molar-refractivity contribution in [2.45, 2.75) is 26.5 Å². The minimum absolute atomic E-state index is 0.255. The van der Waals surface area contributed by atoms with Crippen LogP contribution in [-0.2, 0) is 16.1 Å². The van der Waals surface area contributed by atoms with Gasteiger partial charge in [0.25, 0.3) is 6.47 Å². The van der Waals surface area contributed by atoms with Crippen molar-refractivity contribution in [3.8, 4) is 0 Å². The number of rotatable bonds is 7. The quantitative estimate of drug-likeness (QED) is 0.676. The van der Waals surface area contributed by atoms with Gasteiger partial charge in [0, 0.05) is 11.9 Å². The van der Waals surface area contributed by atoms with Gasteiger partial charge >= 0.3 is 0 Å². The van der Waals surface area contributed by atoms with E-state index in [1.807, 2.05) is 19.9 Å². The molecule has 0 spiro atoms. The van der Waals surface area contributed by atoms with Crippen molar-refractivity contribution in [1.29, 1.82) is 0 Å². The highest BCUT2D eigenvalue weighted by Crippen LogP contribution is 1.95. The van der Waals surface area contributed by atoms with Crippen molar-refractivity contribution in [3.05, 3.63) is 24.2 Å². The summed E-state index contributed by atoms with van der Waals surface area (Å²) in [5.74, 6) is 0. The smallest absolute Gasteiger partial charge is 0.293 e. The fourth-order valence-electron chi connectivity index (χ4n) is 1.15. The topological polar surface area (TPSA) is 69.0 Å². The second kappa shape index (κ2) is 6.60. The number of carbonyl (C=O) groups excluding carboxylic acids is 1. The Morgan fingerprint density at radius 3 is 3.06 bits per heavy atom. The van der Waals surface area contributed by atoms with Gasteiger partial charge in [0.15, 0.2) is 0 Å². The van der Waals surface area contributed by atoms with Gasteiger partial charge in [0.1, 0.15) is 6.10 Å². The van der Waals surface area contributed by atoms with Crippen LogP contribution in [0.25, 0.3) is 0 Å². The monoisotopic (exact) mass is 224 g/mol. The fourth-order valence-corrected chi connectivity index (χ4v) is 1.15. The van der Waals surface area contributed by atoms with E-state index in [2.05, 4.69) is 15.6 Å². The Kier molecular flexibility index (Phi) is 5.04. The Balaban J connectivity index is 2.44. The molecule has 16 heavy (non-hydrogen) atoms. The van der Waals surface area contributed by atoms with Gasteiger partial charge in [-0.2, -0.15) is 0 Å². The predicted molar refractivity (Wildman–Crippen MR) is 58.4 cm³/mol. The summed E-state index contributed by atoms with van der Waals surface area (Å²) in [4.78, 5) is 10.3. The number of allylic oxidation sites excluding steroid dienone is 2. The van der Waals surface area contributed by atoms with E-state index in [0.717, 1.165) is 5.70 Å². The zero-order valence-electron chi connectivity index (χ0n) is 9.46. The second-order valence-corrected chi connectivity index (χ2v) is 3.33. The van der Waals surface area contributed by atoms with Crippen LogP contribution >= 0.6 is 0 Å². The van der Waals surface area contributed by atoms with Gasteiger partial charge in [0.05, 0.1) is 19.3 Å². The maximum atomic E-state index is 10.3. The van der Waals surface area contributed by atoms with Crippen molar-refractivity contribution in [1.82, 2.24) is 20.3 Å². The summed E-state index contributed by atoms with van der Waals surface area (Å²) in [5.41, 5.74) is 1.04. The molecule has 0 aliphatic carbocycles. The van der Waals surface area contributed by atoms with Crippen molar-refractivity contribution >= 4 is 6.47 Å². The van der Waals surface area contributed by atoms with E-state index in [4.69, 9.17) is 4.74 Å². The summed E-state index contributed by atoms with van der Waals surface area (Å²) >= 11 is 0. The van der Waals surface area contributed by atoms with Crippen LogP contribution in [0.3, 0.4) is 0 Å². The van der Waals surface area contributed by atoms with E-state index in [1.54, 1.807) is 17.1 Å². The van der Waals surface area contributed by atoms with Crippen LogP contribution in [0, 0.1) is 0 Å². The Labute approximate surface area is 94.3 Å². The zero-order valence-corrected chi connectivity index (χ0v) is 9.46. The number of hydrogen-bond donors (Lipinski definition) is 1. The standard InChI is InChI=1S/C10H16N4O2/c1-3-9(2)11-6-10(16-8-15)7-14-5-4-12-13-14/h3-5,8,10-11H,6-7H2,1-2H3/b9-3+. The van der Waals surface area contributed by atoms with Gasteiger partial charge in [-0.3, -0.25) is 4.79 Å². The maximum absolute atomic E-state index is 10.3. The Bertz CT molecular complexity index is 335. The molecule has 1 atom stereocenters. The Hall–Kier alpha value is -1.85. The maximum Gasteiger partial charge on any atom is 0.293 e. The SMILES string of the molecule is C/C=C(\C)NCC(Cn1ccnn1)OC=O. The van der Waals surface area contributed by atoms with Crippen molar-refractivity contribution in [2.24, 2.45) is 0 Å². The van der Waals surface area contributed by atoms with Gasteiger partial charge in [-0.15, -0.1) is 5.10 Å². The summed E-state index contributed by atoms with van der Waals surface area (Å²) in [6, 6.07) is 0. The van der Waals surface area contributed by atoms with E-state index < -0.39 is 0 Å². The molecule has 1 rings (SSSR count). The summed E-state index contributed by atoms with van der Waals surface area (Å²) < 4.78 is 6.58. The van der Waals surface area contributed by atoms with E-state index in [1.165, 1.54) is 0 Å². The molecule has 1 N–H and O–H groups in total. The largest absolute Gasteiger partial charge is 0.461 e. The summed E-state index contributed by atoms with van der Waals surface area (Å²) in [6.07, 6.45) is 5.01. The molecule has 0 saturated heterocycles. The molecular weight excluding hydrogens is 208 g/mol. The van der Waals surface area contributed by atoms with E-state index >= 15 is 0 Å². The molecule has 0 fully saturated rings. The third kappa shape index (κ3) is 4.12. The zero-order chi connectivity index (χ0) is 11.8. The Morgan fingerprint density at radius 1 is 1.69 bits per heavy atom. The van der Waals surface area contributed by atoms with E-state index in [-0.39, 0.29) is 6.10 Å². The Morgan fingerprint density at radius 2 is 2.50 bits per heavy atom. The lowest BCUT2D eigenvalue weighted by atomic mass is 10.3. The molecule has 1 aromatic heterocycles. The van der Waals surface area contributed by atoms with Crippen LogP contribution in [0.4, 0.5) is 0 Å². The number of hydrogen-bond acceptors (Lipinski definition) is 5. The number of ether oxygens (including phenoxy) is 1. The van der Waals surface area contributed by atoms with Crippen molar-refractivity contribution in [3.63, 3.8) is 0 Å². The highest BCUT2D eigenvalue weighted by Gasteiger charge is 2.10. The third-order valence-electron chi connectivity index (χ3n) is 2.15. The summed E-state index contributed by atoms with van der Waals surface area (Å²) in [5, 5.41) is 10.6. The number of carbonyl (C=O) groups is 1.